The number of nitrogens with zero attached hydrogens (tertiary/aromatic N) is 3. The second-order valence-electron chi connectivity index (χ2n) is 6.47. The second kappa shape index (κ2) is 7.73. The topological polar surface area (TPSA) is 49.6 Å². The molecule has 0 saturated carbocycles. The van der Waals surface area contributed by atoms with E-state index in [0.29, 0.717) is 6.42 Å². The van der Waals surface area contributed by atoms with E-state index in [-0.39, 0.29) is 5.91 Å². The van der Waals surface area contributed by atoms with Gasteiger partial charge in [-0.3, -0.25) is 9.69 Å². The second-order valence-corrected chi connectivity index (χ2v) is 8.36. The monoisotopic (exact) mass is 387 g/mol. The first-order valence-corrected chi connectivity index (χ1v) is 10.5. The molecule has 4 heterocycles. The summed E-state index contributed by atoms with van der Waals surface area (Å²) in [6, 6.07) is 8.11. The lowest BCUT2D eigenvalue weighted by Crippen LogP contribution is -2.48. The van der Waals surface area contributed by atoms with Gasteiger partial charge in [-0.15, -0.1) is 22.7 Å². The Kier molecular flexibility index (Phi) is 5.19. The van der Waals surface area contributed by atoms with Gasteiger partial charge >= 0.3 is 0 Å². The zero-order valence-corrected chi connectivity index (χ0v) is 16.3. The number of carbonyl (C=O) groups is 1. The molecule has 0 atom stereocenters. The van der Waals surface area contributed by atoms with Crippen molar-refractivity contribution in [2.75, 3.05) is 26.2 Å². The fourth-order valence-electron chi connectivity index (χ4n) is 3.10. The lowest BCUT2D eigenvalue weighted by Gasteiger charge is -2.34. The number of rotatable bonds is 5. The first-order chi connectivity index (χ1) is 12.7. The van der Waals surface area contributed by atoms with E-state index in [2.05, 4.69) is 27.4 Å². The molecule has 3 aromatic heterocycles. The van der Waals surface area contributed by atoms with Crippen molar-refractivity contribution in [1.82, 2.24) is 14.8 Å². The van der Waals surface area contributed by atoms with E-state index < -0.39 is 0 Å². The minimum absolute atomic E-state index is 0.160. The number of carbonyl (C=O) groups excluding carboxylic acids is 1. The molecule has 136 valence electrons. The number of aryl methyl sites for hydroxylation is 1. The molecule has 3 aromatic rings. The van der Waals surface area contributed by atoms with E-state index in [1.165, 1.54) is 16.2 Å². The van der Waals surface area contributed by atoms with Crippen molar-refractivity contribution in [3.05, 3.63) is 51.4 Å². The molecular formula is C19H21N3O2S2. The Labute approximate surface area is 160 Å². The van der Waals surface area contributed by atoms with E-state index in [1.807, 2.05) is 29.3 Å². The number of hydrogen-bond acceptors (Lipinski definition) is 6. The molecule has 0 bridgehead atoms. The predicted molar refractivity (Wildman–Crippen MR) is 104 cm³/mol. The Morgan fingerprint density at radius 2 is 2.04 bits per heavy atom. The van der Waals surface area contributed by atoms with E-state index in [9.17, 15) is 4.79 Å². The standard InChI is InChI=1S/C19H21N3O2S2/c1-14-4-5-17(24-14)19-20-15(13-26-19)11-18(23)22-8-6-21(7-9-22)12-16-3-2-10-25-16/h2-5,10,13H,6-9,11-12H2,1H3. The van der Waals surface area contributed by atoms with E-state index in [4.69, 9.17) is 4.42 Å². The van der Waals surface area contributed by atoms with Crippen LogP contribution < -0.4 is 0 Å². The van der Waals surface area contributed by atoms with Crippen LogP contribution in [0.15, 0.2) is 39.4 Å². The van der Waals surface area contributed by atoms with Crippen molar-refractivity contribution in [3.63, 3.8) is 0 Å². The van der Waals surface area contributed by atoms with E-state index in [0.717, 1.165) is 54.9 Å². The molecule has 5 nitrogen and oxygen atoms in total. The van der Waals surface area contributed by atoms with Crippen LogP contribution in [0.2, 0.25) is 0 Å². The number of furan rings is 1. The molecule has 1 fully saturated rings. The molecule has 0 aromatic carbocycles. The Morgan fingerprint density at radius 3 is 2.73 bits per heavy atom. The Bertz CT molecular complexity index is 861. The molecule has 1 amide bonds. The predicted octanol–water partition coefficient (Wildman–Crippen LogP) is 3.66. The quantitative estimate of drug-likeness (QED) is 0.670. The highest BCUT2D eigenvalue weighted by molar-refractivity contribution is 7.13. The first-order valence-electron chi connectivity index (χ1n) is 8.71. The molecule has 1 aliphatic rings. The largest absolute Gasteiger partial charge is 0.459 e. The maximum Gasteiger partial charge on any atom is 0.228 e. The lowest BCUT2D eigenvalue weighted by atomic mass is 10.2. The van der Waals surface area contributed by atoms with Crippen molar-refractivity contribution in [2.45, 2.75) is 19.9 Å². The van der Waals surface area contributed by atoms with Gasteiger partial charge in [-0.05, 0) is 30.5 Å². The molecule has 0 unspecified atom stereocenters. The van der Waals surface area contributed by atoms with Gasteiger partial charge in [-0.1, -0.05) is 6.07 Å². The number of piperazine rings is 1. The van der Waals surface area contributed by atoms with Crippen LogP contribution in [0.5, 0.6) is 0 Å². The third kappa shape index (κ3) is 4.06. The number of thiophene rings is 1. The summed E-state index contributed by atoms with van der Waals surface area (Å²) in [4.78, 5) is 22.9. The highest BCUT2D eigenvalue weighted by Gasteiger charge is 2.22. The summed E-state index contributed by atoms with van der Waals surface area (Å²) in [5.74, 6) is 1.80. The average molecular weight is 388 g/mol. The molecule has 26 heavy (non-hydrogen) atoms. The summed E-state index contributed by atoms with van der Waals surface area (Å²) >= 11 is 3.31. The summed E-state index contributed by atoms with van der Waals surface area (Å²) < 4.78 is 5.61. The van der Waals surface area contributed by atoms with E-state index in [1.54, 1.807) is 11.3 Å². The van der Waals surface area contributed by atoms with Crippen LogP contribution in [0.3, 0.4) is 0 Å². The van der Waals surface area contributed by atoms with Crippen LogP contribution in [0, 0.1) is 6.92 Å². The van der Waals surface area contributed by atoms with Crippen molar-refractivity contribution in [2.24, 2.45) is 0 Å². The van der Waals surface area contributed by atoms with Gasteiger partial charge in [0.05, 0.1) is 12.1 Å². The number of hydrogen-bond donors (Lipinski definition) is 0. The third-order valence-electron chi connectivity index (χ3n) is 4.52. The minimum Gasteiger partial charge on any atom is -0.459 e. The van der Waals surface area contributed by atoms with Crippen LogP contribution in [0.4, 0.5) is 0 Å². The van der Waals surface area contributed by atoms with Gasteiger partial charge in [0.25, 0.3) is 0 Å². The molecule has 0 N–H and O–H groups in total. The van der Waals surface area contributed by atoms with Crippen LogP contribution >= 0.6 is 22.7 Å². The zero-order valence-electron chi connectivity index (χ0n) is 14.7. The van der Waals surface area contributed by atoms with Crippen LogP contribution in [-0.4, -0.2) is 46.9 Å². The molecule has 0 radical (unpaired) electrons. The normalized spacial score (nSPS) is 15.5. The van der Waals surface area contributed by atoms with Gasteiger partial charge in [-0.25, -0.2) is 4.98 Å². The van der Waals surface area contributed by atoms with E-state index >= 15 is 0 Å². The van der Waals surface area contributed by atoms with Crippen molar-refractivity contribution >= 4 is 28.6 Å². The Balaban J connectivity index is 1.30. The van der Waals surface area contributed by atoms with Crippen molar-refractivity contribution in [3.8, 4) is 10.8 Å². The average Bonchev–Trinajstić information content (AvgIpc) is 3.38. The lowest BCUT2D eigenvalue weighted by molar-refractivity contribution is -0.132. The summed E-state index contributed by atoms with van der Waals surface area (Å²) in [6.45, 7) is 6.34. The molecule has 4 rings (SSSR count). The smallest absolute Gasteiger partial charge is 0.228 e. The maximum absolute atomic E-state index is 12.6. The van der Waals surface area contributed by atoms with Gasteiger partial charge in [0, 0.05) is 43.0 Å². The zero-order chi connectivity index (χ0) is 17.9. The fourth-order valence-corrected chi connectivity index (χ4v) is 4.62. The maximum atomic E-state index is 12.6. The number of thiazole rings is 1. The third-order valence-corrected chi connectivity index (χ3v) is 6.29. The van der Waals surface area contributed by atoms with Crippen LogP contribution in [-0.2, 0) is 17.8 Å². The molecule has 7 heteroatoms. The summed E-state index contributed by atoms with van der Waals surface area (Å²) in [7, 11) is 0. The van der Waals surface area contributed by atoms with Gasteiger partial charge in [0.2, 0.25) is 5.91 Å². The summed E-state index contributed by atoms with van der Waals surface area (Å²) in [5.41, 5.74) is 0.824. The van der Waals surface area contributed by atoms with Gasteiger partial charge in [0.15, 0.2) is 10.8 Å². The molecule has 1 aliphatic heterocycles. The highest BCUT2D eigenvalue weighted by Crippen LogP contribution is 2.26. The summed E-state index contributed by atoms with van der Waals surface area (Å²) in [5, 5.41) is 4.90. The van der Waals surface area contributed by atoms with Gasteiger partial charge in [-0.2, -0.15) is 0 Å². The van der Waals surface area contributed by atoms with Crippen molar-refractivity contribution in [1.29, 1.82) is 0 Å². The highest BCUT2D eigenvalue weighted by atomic mass is 32.1. The summed E-state index contributed by atoms with van der Waals surface area (Å²) in [6.07, 6.45) is 0.362. The minimum atomic E-state index is 0.160. The van der Waals surface area contributed by atoms with Crippen LogP contribution in [0.1, 0.15) is 16.3 Å². The Hall–Kier alpha value is -1.96. The molecule has 0 spiro atoms. The first kappa shape index (κ1) is 17.5. The fraction of sp³-hybridized carbons (Fsp3) is 0.368. The van der Waals surface area contributed by atoms with Gasteiger partial charge < -0.3 is 9.32 Å². The van der Waals surface area contributed by atoms with Gasteiger partial charge in [0.1, 0.15) is 5.76 Å². The number of amides is 1. The number of aromatic nitrogens is 1. The Morgan fingerprint density at radius 1 is 1.19 bits per heavy atom. The SMILES string of the molecule is Cc1ccc(-c2nc(CC(=O)N3CCN(Cc4cccs4)CC3)cs2)o1. The molecular weight excluding hydrogens is 366 g/mol. The molecule has 1 saturated heterocycles. The van der Waals surface area contributed by atoms with Crippen molar-refractivity contribution < 1.29 is 9.21 Å². The van der Waals surface area contributed by atoms with Crippen LogP contribution in [0.25, 0.3) is 10.8 Å². The molecule has 0 aliphatic carbocycles.